The van der Waals surface area contributed by atoms with Crippen LogP contribution in [-0.4, -0.2) is 36.3 Å². The summed E-state index contributed by atoms with van der Waals surface area (Å²) in [5.74, 6) is 0. The van der Waals surface area contributed by atoms with Crippen molar-refractivity contribution in [2.75, 3.05) is 31.6 Å². The maximum Gasteiger partial charge on any atom is 0.171 e. The van der Waals surface area contributed by atoms with Crippen LogP contribution < -0.4 is 10.6 Å². The fraction of sp³-hybridized carbons (Fsp3) is 0.350. The number of hydrogen-bond acceptors (Lipinski definition) is 3. The van der Waals surface area contributed by atoms with Crippen molar-refractivity contribution in [2.24, 2.45) is 0 Å². The summed E-state index contributed by atoms with van der Waals surface area (Å²) >= 11 is 11.5. The third-order valence-electron chi connectivity index (χ3n) is 4.42. The van der Waals surface area contributed by atoms with E-state index in [0.29, 0.717) is 11.7 Å². The zero-order valence-electron chi connectivity index (χ0n) is 14.9. The second-order valence-electron chi connectivity index (χ2n) is 6.48. The van der Waals surface area contributed by atoms with Gasteiger partial charge in [0.05, 0.1) is 13.2 Å². The molecule has 138 valence electrons. The lowest BCUT2D eigenvalue weighted by atomic mass is 10.1. The molecule has 1 heterocycles. The number of nitrogens with zero attached hydrogens (tertiary/aromatic N) is 1. The second-order valence-corrected chi connectivity index (χ2v) is 7.29. The molecule has 2 N–H and O–H groups in total. The molecule has 26 heavy (non-hydrogen) atoms. The molecule has 0 bridgehead atoms. The fourth-order valence-corrected chi connectivity index (χ4v) is 3.18. The Balaban J connectivity index is 1.46. The first kappa shape index (κ1) is 19.1. The molecule has 1 aliphatic rings. The Hall–Kier alpha value is -1.66. The van der Waals surface area contributed by atoms with E-state index in [-0.39, 0.29) is 0 Å². The van der Waals surface area contributed by atoms with Crippen LogP contribution in [0.1, 0.15) is 16.7 Å². The van der Waals surface area contributed by atoms with Gasteiger partial charge in [-0.2, -0.15) is 0 Å². The van der Waals surface area contributed by atoms with Crippen molar-refractivity contribution in [3.63, 3.8) is 0 Å². The van der Waals surface area contributed by atoms with Gasteiger partial charge in [0.1, 0.15) is 0 Å². The van der Waals surface area contributed by atoms with Gasteiger partial charge in [-0.3, -0.25) is 4.90 Å². The molecule has 1 fully saturated rings. The van der Waals surface area contributed by atoms with Gasteiger partial charge < -0.3 is 15.4 Å². The van der Waals surface area contributed by atoms with Crippen molar-refractivity contribution in [3.8, 4) is 0 Å². The molecule has 0 atom stereocenters. The van der Waals surface area contributed by atoms with Crippen LogP contribution in [0.4, 0.5) is 5.69 Å². The standard InChI is InChI=1S/C20H24ClN3OS/c1-15-2-7-18(12-19(15)21)23-20(26)22-13-16-3-5-17(6-4-16)14-24-8-10-25-11-9-24/h2-7,12H,8-11,13-14H2,1H3,(H2,22,23,26). The third kappa shape index (κ3) is 5.68. The van der Waals surface area contributed by atoms with E-state index in [9.17, 15) is 0 Å². The summed E-state index contributed by atoms with van der Waals surface area (Å²) in [4.78, 5) is 2.42. The first-order valence-electron chi connectivity index (χ1n) is 8.79. The summed E-state index contributed by atoms with van der Waals surface area (Å²) in [6.07, 6.45) is 0. The van der Waals surface area contributed by atoms with Gasteiger partial charge in [-0.05, 0) is 48.0 Å². The van der Waals surface area contributed by atoms with E-state index in [0.717, 1.165) is 49.1 Å². The van der Waals surface area contributed by atoms with Gasteiger partial charge in [0.25, 0.3) is 0 Å². The quantitative estimate of drug-likeness (QED) is 0.757. The summed E-state index contributed by atoms with van der Waals surface area (Å²) in [6, 6.07) is 14.5. The summed E-state index contributed by atoms with van der Waals surface area (Å²) in [6.45, 7) is 7.32. The molecule has 6 heteroatoms. The van der Waals surface area contributed by atoms with E-state index in [4.69, 9.17) is 28.6 Å². The number of benzene rings is 2. The molecular formula is C20H24ClN3OS. The molecule has 0 spiro atoms. The largest absolute Gasteiger partial charge is 0.379 e. The monoisotopic (exact) mass is 389 g/mol. The number of morpholine rings is 1. The summed E-state index contributed by atoms with van der Waals surface area (Å²) < 4.78 is 5.39. The van der Waals surface area contributed by atoms with Gasteiger partial charge in [0, 0.05) is 36.9 Å². The van der Waals surface area contributed by atoms with Gasteiger partial charge in [0.15, 0.2) is 5.11 Å². The van der Waals surface area contributed by atoms with E-state index >= 15 is 0 Å². The molecule has 0 unspecified atom stereocenters. The van der Waals surface area contributed by atoms with Crippen LogP contribution in [0.5, 0.6) is 0 Å². The Morgan fingerprint density at radius 2 is 1.81 bits per heavy atom. The highest BCUT2D eigenvalue weighted by molar-refractivity contribution is 7.80. The summed E-state index contributed by atoms with van der Waals surface area (Å²) in [5.41, 5.74) is 4.46. The van der Waals surface area contributed by atoms with Gasteiger partial charge in [-0.1, -0.05) is 41.9 Å². The maximum absolute atomic E-state index is 6.14. The summed E-state index contributed by atoms with van der Waals surface area (Å²) in [5, 5.41) is 7.71. The van der Waals surface area contributed by atoms with Gasteiger partial charge in [-0.25, -0.2) is 0 Å². The number of aryl methyl sites for hydroxylation is 1. The normalized spacial score (nSPS) is 14.8. The molecular weight excluding hydrogens is 366 g/mol. The average molecular weight is 390 g/mol. The zero-order valence-corrected chi connectivity index (χ0v) is 16.5. The molecule has 2 aromatic carbocycles. The van der Waals surface area contributed by atoms with Gasteiger partial charge >= 0.3 is 0 Å². The number of ether oxygens (including phenoxy) is 1. The smallest absolute Gasteiger partial charge is 0.171 e. The molecule has 0 aromatic heterocycles. The highest BCUT2D eigenvalue weighted by atomic mass is 35.5. The average Bonchev–Trinajstić information content (AvgIpc) is 2.65. The lowest BCUT2D eigenvalue weighted by Gasteiger charge is -2.26. The highest BCUT2D eigenvalue weighted by Crippen LogP contribution is 2.19. The van der Waals surface area contributed by atoms with Crippen LogP contribution in [0.15, 0.2) is 42.5 Å². The predicted molar refractivity (Wildman–Crippen MR) is 112 cm³/mol. The van der Waals surface area contributed by atoms with Crippen LogP contribution in [0.25, 0.3) is 0 Å². The van der Waals surface area contributed by atoms with Crippen LogP contribution >= 0.6 is 23.8 Å². The van der Waals surface area contributed by atoms with E-state index in [2.05, 4.69) is 39.8 Å². The Labute approximate surface area is 165 Å². The van der Waals surface area contributed by atoms with Crippen molar-refractivity contribution < 1.29 is 4.74 Å². The van der Waals surface area contributed by atoms with Crippen molar-refractivity contribution in [1.82, 2.24) is 10.2 Å². The topological polar surface area (TPSA) is 36.5 Å². The molecule has 0 amide bonds. The third-order valence-corrected chi connectivity index (χ3v) is 5.07. The molecule has 0 saturated carbocycles. The van der Waals surface area contributed by atoms with Crippen molar-refractivity contribution >= 4 is 34.6 Å². The fourth-order valence-electron chi connectivity index (χ4n) is 2.81. The molecule has 1 aliphatic heterocycles. The Kier molecular flexibility index (Phi) is 6.86. The minimum absolute atomic E-state index is 0.585. The summed E-state index contributed by atoms with van der Waals surface area (Å²) in [7, 11) is 0. The van der Waals surface area contributed by atoms with Gasteiger partial charge in [0.2, 0.25) is 0 Å². The van der Waals surface area contributed by atoms with Crippen molar-refractivity contribution in [1.29, 1.82) is 0 Å². The first-order chi connectivity index (χ1) is 12.6. The lowest BCUT2D eigenvalue weighted by Crippen LogP contribution is -2.35. The molecule has 4 nitrogen and oxygen atoms in total. The number of nitrogens with one attached hydrogen (secondary N) is 2. The molecule has 0 radical (unpaired) electrons. The molecule has 3 rings (SSSR count). The molecule has 1 saturated heterocycles. The Bertz CT molecular complexity index is 745. The highest BCUT2D eigenvalue weighted by Gasteiger charge is 2.10. The minimum Gasteiger partial charge on any atom is -0.379 e. The lowest BCUT2D eigenvalue weighted by molar-refractivity contribution is 0.0342. The Morgan fingerprint density at radius 3 is 2.50 bits per heavy atom. The van der Waals surface area contributed by atoms with Crippen LogP contribution in [-0.2, 0) is 17.8 Å². The predicted octanol–water partition coefficient (Wildman–Crippen LogP) is 3.97. The van der Waals surface area contributed by atoms with Crippen LogP contribution in [0, 0.1) is 6.92 Å². The molecule has 0 aliphatic carbocycles. The van der Waals surface area contributed by atoms with Gasteiger partial charge in [-0.15, -0.1) is 0 Å². The number of thiocarbonyl (C=S) groups is 1. The van der Waals surface area contributed by atoms with E-state index in [1.165, 1.54) is 11.1 Å². The van der Waals surface area contributed by atoms with E-state index < -0.39 is 0 Å². The van der Waals surface area contributed by atoms with E-state index in [1.54, 1.807) is 0 Å². The Morgan fingerprint density at radius 1 is 1.12 bits per heavy atom. The maximum atomic E-state index is 6.14. The second kappa shape index (κ2) is 9.33. The van der Waals surface area contributed by atoms with Crippen LogP contribution in [0.2, 0.25) is 5.02 Å². The first-order valence-corrected chi connectivity index (χ1v) is 9.58. The van der Waals surface area contributed by atoms with Crippen molar-refractivity contribution in [3.05, 3.63) is 64.2 Å². The number of anilines is 1. The number of rotatable bonds is 5. The number of hydrogen-bond donors (Lipinski definition) is 2. The molecule has 2 aromatic rings. The van der Waals surface area contributed by atoms with Crippen molar-refractivity contribution in [2.45, 2.75) is 20.0 Å². The van der Waals surface area contributed by atoms with Crippen LogP contribution in [0.3, 0.4) is 0 Å². The zero-order chi connectivity index (χ0) is 18.4. The number of halogens is 1. The van der Waals surface area contributed by atoms with E-state index in [1.807, 2.05) is 25.1 Å². The minimum atomic E-state index is 0.585. The SMILES string of the molecule is Cc1ccc(NC(=S)NCc2ccc(CN3CCOCC3)cc2)cc1Cl.